The molecule has 0 saturated carbocycles. The number of ether oxygens (including phenoxy) is 1. The van der Waals surface area contributed by atoms with Crippen molar-refractivity contribution in [3.8, 4) is 5.75 Å². The normalized spacial score (nSPS) is 18.1. The first-order valence-corrected chi connectivity index (χ1v) is 12.0. The van der Waals surface area contributed by atoms with Gasteiger partial charge < -0.3 is 19.6 Å². The number of hydrogen-bond donors (Lipinski definition) is 1. The van der Waals surface area contributed by atoms with E-state index < -0.39 is 17.7 Å². The molecule has 1 unspecified atom stereocenters. The molecule has 1 atom stereocenters. The van der Waals surface area contributed by atoms with E-state index in [0.717, 1.165) is 23.5 Å². The number of likely N-dealkylation sites (N-methyl/N-ethyl adjacent to an activating group) is 1. The standard InChI is InChI=1S/C23H26Cl2N2O4S/c1-5-26(6-2)8-9-27-18(22-13(3)7-10-32-22)17(20(29)23(27)30)19(28)14-11-15(24)21(31-4)16(25)12-14/h7,10-12,18,28H,5-6,8-9H2,1-4H3/b19-17-. The number of ketones is 1. The zero-order valence-electron chi connectivity index (χ0n) is 18.4. The number of rotatable bonds is 8. The minimum atomic E-state index is -0.720. The van der Waals surface area contributed by atoms with Crippen LogP contribution in [0.2, 0.25) is 10.0 Å². The summed E-state index contributed by atoms with van der Waals surface area (Å²) in [5, 5.41) is 13.5. The van der Waals surface area contributed by atoms with E-state index in [0.29, 0.717) is 13.1 Å². The summed E-state index contributed by atoms with van der Waals surface area (Å²) in [5.74, 6) is -1.38. The van der Waals surface area contributed by atoms with Crippen molar-refractivity contribution in [2.75, 3.05) is 33.3 Å². The number of nitrogens with zero attached hydrogens (tertiary/aromatic N) is 2. The lowest BCUT2D eigenvalue weighted by molar-refractivity contribution is -0.140. The maximum atomic E-state index is 13.1. The van der Waals surface area contributed by atoms with Gasteiger partial charge in [0.25, 0.3) is 11.7 Å². The Kier molecular flexibility index (Phi) is 7.88. The smallest absolute Gasteiger partial charge is 0.295 e. The van der Waals surface area contributed by atoms with Crippen LogP contribution < -0.4 is 4.74 Å². The van der Waals surface area contributed by atoms with Crippen LogP contribution in [0, 0.1) is 6.92 Å². The molecule has 172 valence electrons. The molecule has 2 aromatic rings. The first-order chi connectivity index (χ1) is 15.2. The predicted molar refractivity (Wildman–Crippen MR) is 129 cm³/mol. The second-order valence-corrected chi connectivity index (χ2v) is 9.22. The van der Waals surface area contributed by atoms with Gasteiger partial charge in [-0.15, -0.1) is 11.3 Å². The fourth-order valence-electron chi connectivity index (χ4n) is 3.88. The third kappa shape index (κ3) is 4.53. The van der Waals surface area contributed by atoms with Gasteiger partial charge in [0.2, 0.25) is 0 Å². The van der Waals surface area contributed by atoms with E-state index in [9.17, 15) is 14.7 Å². The molecular weight excluding hydrogens is 471 g/mol. The minimum absolute atomic E-state index is 0.0393. The topological polar surface area (TPSA) is 70.1 Å². The van der Waals surface area contributed by atoms with Gasteiger partial charge in [0.15, 0.2) is 5.75 Å². The molecule has 1 amide bonds. The predicted octanol–water partition coefficient (Wildman–Crippen LogP) is 5.14. The average molecular weight is 497 g/mol. The van der Waals surface area contributed by atoms with E-state index in [1.54, 1.807) is 4.90 Å². The van der Waals surface area contributed by atoms with E-state index in [-0.39, 0.29) is 32.7 Å². The van der Waals surface area contributed by atoms with Crippen LogP contribution in [0.1, 0.15) is 35.9 Å². The lowest BCUT2D eigenvalue weighted by atomic mass is 9.98. The number of aliphatic hydroxyl groups is 1. The van der Waals surface area contributed by atoms with E-state index in [1.807, 2.05) is 18.4 Å². The maximum Gasteiger partial charge on any atom is 0.295 e. The molecule has 1 aromatic carbocycles. The zero-order valence-corrected chi connectivity index (χ0v) is 20.8. The lowest BCUT2D eigenvalue weighted by Gasteiger charge is -2.27. The molecule has 6 nitrogen and oxygen atoms in total. The minimum Gasteiger partial charge on any atom is -0.507 e. The number of aryl methyl sites for hydroxylation is 1. The molecule has 1 saturated heterocycles. The molecule has 9 heteroatoms. The average Bonchev–Trinajstić information content (AvgIpc) is 3.29. The van der Waals surface area contributed by atoms with Crippen LogP contribution in [0.4, 0.5) is 0 Å². The largest absolute Gasteiger partial charge is 0.507 e. The van der Waals surface area contributed by atoms with Crippen LogP contribution in [-0.4, -0.2) is 59.9 Å². The van der Waals surface area contributed by atoms with Crippen molar-refractivity contribution in [2.24, 2.45) is 0 Å². The first kappa shape index (κ1) is 24.6. The molecule has 1 aliphatic heterocycles. The number of hydrogen-bond acceptors (Lipinski definition) is 6. The lowest BCUT2D eigenvalue weighted by Crippen LogP contribution is -2.37. The Morgan fingerprint density at radius 1 is 1.22 bits per heavy atom. The summed E-state index contributed by atoms with van der Waals surface area (Å²) >= 11 is 13.9. The van der Waals surface area contributed by atoms with E-state index >= 15 is 0 Å². The van der Waals surface area contributed by atoms with Gasteiger partial charge in [-0.3, -0.25) is 9.59 Å². The molecule has 32 heavy (non-hydrogen) atoms. The number of halogens is 2. The summed E-state index contributed by atoms with van der Waals surface area (Å²) in [6.07, 6.45) is 0. The van der Waals surface area contributed by atoms with Gasteiger partial charge in [-0.1, -0.05) is 37.0 Å². The van der Waals surface area contributed by atoms with Gasteiger partial charge in [0.05, 0.1) is 28.8 Å². The Balaban J connectivity index is 2.13. The molecule has 0 bridgehead atoms. The second-order valence-electron chi connectivity index (χ2n) is 7.46. The van der Waals surface area contributed by atoms with Crippen LogP contribution >= 0.6 is 34.5 Å². The SMILES string of the molecule is CCN(CC)CCN1C(=O)C(=O)/C(=C(\O)c2cc(Cl)c(OC)c(Cl)c2)C1c1sccc1C. The van der Waals surface area contributed by atoms with E-state index in [1.165, 1.54) is 30.6 Å². The maximum absolute atomic E-state index is 13.1. The summed E-state index contributed by atoms with van der Waals surface area (Å²) < 4.78 is 5.17. The third-order valence-electron chi connectivity index (χ3n) is 5.72. The van der Waals surface area contributed by atoms with Crippen molar-refractivity contribution in [1.29, 1.82) is 0 Å². The molecule has 1 fully saturated rings. The summed E-state index contributed by atoms with van der Waals surface area (Å²) in [5.41, 5.74) is 1.24. The van der Waals surface area contributed by atoms with Crippen LogP contribution in [-0.2, 0) is 9.59 Å². The molecule has 3 rings (SSSR count). The molecule has 2 heterocycles. The number of likely N-dealkylation sites (tertiary alicyclic amines) is 1. The number of Topliss-reactive ketones (excluding diaryl/α,β-unsaturated/α-hetero) is 1. The molecule has 1 aliphatic rings. The van der Waals surface area contributed by atoms with Gasteiger partial charge in [0.1, 0.15) is 5.76 Å². The Bertz CT molecular complexity index is 1040. The third-order valence-corrected chi connectivity index (χ3v) is 7.35. The number of benzene rings is 1. The Morgan fingerprint density at radius 3 is 2.34 bits per heavy atom. The Morgan fingerprint density at radius 2 is 1.84 bits per heavy atom. The van der Waals surface area contributed by atoms with Crippen molar-refractivity contribution >= 4 is 52.0 Å². The number of carbonyl (C=O) groups excluding carboxylic acids is 2. The van der Waals surface area contributed by atoms with Crippen LogP contribution in [0.3, 0.4) is 0 Å². The molecule has 1 aromatic heterocycles. The van der Waals surface area contributed by atoms with Crippen molar-refractivity contribution in [3.63, 3.8) is 0 Å². The van der Waals surface area contributed by atoms with Crippen molar-refractivity contribution in [2.45, 2.75) is 26.8 Å². The molecule has 1 N–H and O–H groups in total. The zero-order chi connectivity index (χ0) is 23.6. The van der Waals surface area contributed by atoms with Gasteiger partial charge in [0, 0.05) is 23.5 Å². The van der Waals surface area contributed by atoms with Gasteiger partial charge in [-0.2, -0.15) is 0 Å². The molecule has 0 aliphatic carbocycles. The van der Waals surface area contributed by atoms with Crippen molar-refractivity contribution in [3.05, 3.63) is 55.2 Å². The fourth-order valence-corrected chi connectivity index (χ4v) is 5.57. The van der Waals surface area contributed by atoms with Crippen LogP contribution in [0.5, 0.6) is 5.75 Å². The monoisotopic (exact) mass is 496 g/mol. The highest BCUT2D eigenvalue weighted by Crippen LogP contribution is 2.44. The summed E-state index contributed by atoms with van der Waals surface area (Å²) in [6, 6.07) is 4.21. The van der Waals surface area contributed by atoms with Gasteiger partial charge >= 0.3 is 0 Å². The summed E-state index contributed by atoms with van der Waals surface area (Å²) in [6.45, 7) is 8.71. The number of aliphatic hydroxyl groups excluding tert-OH is 1. The summed E-state index contributed by atoms with van der Waals surface area (Å²) in [7, 11) is 1.44. The molecule has 0 radical (unpaired) electrons. The Labute approximate surface area is 202 Å². The Hall–Kier alpha value is -2.06. The first-order valence-electron chi connectivity index (χ1n) is 10.3. The quantitative estimate of drug-likeness (QED) is 0.311. The highest BCUT2D eigenvalue weighted by molar-refractivity contribution is 7.10. The van der Waals surface area contributed by atoms with Crippen molar-refractivity contribution in [1.82, 2.24) is 9.80 Å². The fraction of sp³-hybridized carbons (Fsp3) is 0.391. The van der Waals surface area contributed by atoms with E-state index in [4.69, 9.17) is 27.9 Å². The molecule has 0 spiro atoms. The highest BCUT2D eigenvalue weighted by atomic mass is 35.5. The number of thiophene rings is 1. The highest BCUT2D eigenvalue weighted by Gasteiger charge is 2.47. The molecular formula is C23H26Cl2N2O4S. The number of amides is 1. The van der Waals surface area contributed by atoms with Crippen LogP contribution in [0.15, 0.2) is 29.2 Å². The second kappa shape index (κ2) is 10.3. The van der Waals surface area contributed by atoms with E-state index in [2.05, 4.69) is 18.7 Å². The van der Waals surface area contributed by atoms with Gasteiger partial charge in [-0.05, 0) is 49.2 Å². The number of carbonyl (C=O) groups is 2. The van der Waals surface area contributed by atoms with Crippen molar-refractivity contribution < 1.29 is 19.4 Å². The van der Waals surface area contributed by atoms with Crippen LogP contribution in [0.25, 0.3) is 5.76 Å². The summed E-state index contributed by atoms with van der Waals surface area (Å²) in [4.78, 5) is 30.7. The number of methoxy groups -OCH3 is 1. The van der Waals surface area contributed by atoms with Gasteiger partial charge in [-0.25, -0.2) is 0 Å².